The molecule has 8 heteroatoms. The van der Waals surface area contributed by atoms with Crippen LogP contribution < -0.4 is 16.2 Å². The number of carbonyl (C=O) groups is 3. The molecule has 0 unspecified atom stereocenters. The first-order chi connectivity index (χ1) is 11.5. The van der Waals surface area contributed by atoms with Crippen LogP contribution in [0, 0.1) is 0 Å². The van der Waals surface area contributed by atoms with Gasteiger partial charge in [0.05, 0.1) is 5.56 Å². The molecule has 0 fully saturated rings. The lowest BCUT2D eigenvalue weighted by atomic mass is 10.1. The van der Waals surface area contributed by atoms with Crippen molar-refractivity contribution in [3.05, 3.63) is 46.2 Å². The molecular formula is C16H17N3O5. The van der Waals surface area contributed by atoms with Gasteiger partial charge >= 0.3 is 12.0 Å². The number of urea groups is 1. The summed E-state index contributed by atoms with van der Waals surface area (Å²) >= 11 is 0. The van der Waals surface area contributed by atoms with Crippen molar-refractivity contribution in [1.82, 2.24) is 15.6 Å². The van der Waals surface area contributed by atoms with E-state index in [0.29, 0.717) is 17.4 Å². The third-order valence-corrected chi connectivity index (χ3v) is 3.09. The molecule has 0 aliphatic heterocycles. The van der Waals surface area contributed by atoms with Crippen molar-refractivity contribution in [3.63, 3.8) is 0 Å². The fraction of sp³-hybridized carbons (Fsp3) is 0.250. The normalized spacial score (nSPS) is 10.2. The minimum atomic E-state index is -0.818. The van der Waals surface area contributed by atoms with Gasteiger partial charge in [0.25, 0.3) is 5.91 Å². The highest BCUT2D eigenvalue weighted by Crippen LogP contribution is 2.15. The quantitative estimate of drug-likeness (QED) is 0.704. The molecule has 0 atom stereocenters. The molecule has 0 saturated carbocycles. The van der Waals surface area contributed by atoms with Crippen molar-refractivity contribution in [2.75, 3.05) is 13.2 Å². The number of pyridine rings is 1. The van der Waals surface area contributed by atoms with Gasteiger partial charge in [-0.05, 0) is 12.5 Å². The van der Waals surface area contributed by atoms with Gasteiger partial charge in [0.2, 0.25) is 5.56 Å². The van der Waals surface area contributed by atoms with Crippen LogP contribution in [-0.4, -0.2) is 36.0 Å². The van der Waals surface area contributed by atoms with E-state index in [-0.39, 0.29) is 5.56 Å². The first-order valence-corrected chi connectivity index (χ1v) is 7.38. The minimum Gasteiger partial charge on any atom is -0.452 e. The summed E-state index contributed by atoms with van der Waals surface area (Å²) in [6.45, 7) is 1.67. The first kappa shape index (κ1) is 17.2. The second-order valence-corrected chi connectivity index (χ2v) is 4.97. The summed E-state index contributed by atoms with van der Waals surface area (Å²) in [6.07, 6.45) is 0.728. The number of aromatic amines is 1. The molecule has 0 aliphatic carbocycles. The van der Waals surface area contributed by atoms with Gasteiger partial charge in [-0.1, -0.05) is 25.1 Å². The number of aromatic nitrogens is 1. The van der Waals surface area contributed by atoms with Crippen LogP contribution in [-0.2, 0) is 9.53 Å². The first-order valence-electron chi connectivity index (χ1n) is 7.38. The molecule has 1 heterocycles. The lowest BCUT2D eigenvalue weighted by Crippen LogP contribution is -2.41. The number of rotatable bonds is 5. The van der Waals surface area contributed by atoms with E-state index >= 15 is 0 Å². The van der Waals surface area contributed by atoms with Gasteiger partial charge in [0.15, 0.2) is 6.61 Å². The molecule has 0 radical (unpaired) electrons. The Labute approximate surface area is 137 Å². The summed E-state index contributed by atoms with van der Waals surface area (Å²) in [6, 6.07) is 7.19. The third-order valence-electron chi connectivity index (χ3n) is 3.09. The number of fused-ring (bicyclic) bond motifs is 1. The molecule has 0 spiro atoms. The van der Waals surface area contributed by atoms with Crippen LogP contribution in [0.5, 0.6) is 0 Å². The molecule has 126 valence electrons. The van der Waals surface area contributed by atoms with Gasteiger partial charge in [-0.2, -0.15) is 0 Å². The number of ether oxygens (including phenoxy) is 1. The fourth-order valence-electron chi connectivity index (χ4n) is 2.03. The Balaban J connectivity index is 2.02. The van der Waals surface area contributed by atoms with E-state index in [1.165, 1.54) is 0 Å². The van der Waals surface area contributed by atoms with E-state index < -0.39 is 30.1 Å². The maximum absolute atomic E-state index is 12.1. The molecule has 1 aromatic heterocycles. The second-order valence-electron chi connectivity index (χ2n) is 4.97. The lowest BCUT2D eigenvalue weighted by molar-refractivity contribution is -0.123. The van der Waals surface area contributed by atoms with E-state index in [1.54, 1.807) is 24.3 Å². The minimum absolute atomic E-state index is 0.0533. The Kier molecular flexibility index (Phi) is 5.67. The van der Waals surface area contributed by atoms with E-state index in [2.05, 4.69) is 10.3 Å². The Hall–Kier alpha value is -3.16. The Morgan fingerprint density at radius 1 is 1.21 bits per heavy atom. The second kappa shape index (κ2) is 7.91. The van der Waals surface area contributed by atoms with Crippen LogP contribution in [0.25, 0.3) is 10.9 Å². The van der Waals surface area contributed by atoms with Crippen molar-refractivity contribution >= 4 is 28.8 Å². The Morgan fingerprint density at radius 3 is 2.71 bits per heavy atom. The molecule has 2 rings (SSSR count). The van der Waals surface area contributed by atoms with Crippen molar-refractivity contribution in [2.45, 2.75) is 13.3 Å². The average molecular weight is 331 g/mol. The van der Waals surface area contributed by atoms with Crippen LogP contribution in [0.2, 0.25) is 0 Å². The van der Waals surface area contributed by atoms with Gasteiger partial charge in [0, 0.05) is 23.5 Å². The van der Waals surface area contributed by atoms with Crippen LogP contribution in [0.4, 0.5) is 4.79 Å². The highest BCUT2D eigenvalue weighted by Gasteiger charge is 2.15. The highest BCUT2D eigenvalue weighted by atomic mass is 16.5. The number of benzene rings is 1. The van der Waals surface area contributed by atoms with Crippen molar-refractivity contribution in [1.29, 1.82) is 0 Å². The monoisotopic (exact) mass is 331 g/mol. The number of hydrogen-bond donors (Lipinski definition) is 3. The number of nitrogens with one attached hydrogen (secondary N) is 3. The number of esters is 1. The number of carbonyl (C=O) groups excluding carboxylic acids is 3. The smallest absolute Gasteiger partial charge is 0.339 e. The summed E-state index contributed by atoms with van der Waals surface area (Å²) in [5.74, 6) is -1.58. The van der Waals surface area contributed by atoms with E-state index in [0.717, 1.165) is 12.5 Å². The number of hydrogen-bond acceptors (Lipinski definition) is 5. The number of para-hydroxylation sites is 1. The molecular weight excluding hydrogens is 314 g/mol. The maximum atomic E-state index is 12.1. The molecule has 24 heavy (non-hydrogen) atoms. The zero-order valence-electron chi connectivity index (χ0n) is 13.0. The molecule has 0 saturated heterocycles. The number of H-pyrrole nitrogens is 1. The summed E-state index contributed by atoms with van der Waals surface area (Å²) in [5, 5.41) is 5.00. The molecule has 8 nitrogen and oxygen atoms in total. The zero-order valence-corrected chi connectivity index (χ0v) is 13.0. The molecule has 1 aromatic carbocycles. The van der Waals surface area contributed by atoms with Crippen LogP contribution >= 0.6 is 0 Å². The van der Waals surface area contributed by atoms with Crippen molar-refractivity contribution in [2.24, 2.45) is 0 Å². The predicted octanol–water partition coefficient (Wildman–Crippen LogP) is 0.921. The average Bonchev–Trinajstić information content (AvgIpc) is 2.57. The van der Waals surface area contributed by atoms with Crippen LogP contribution in [0.1, 0.15) is 23.7 Å². The van der Waals surface area contributed by atoms with E-state index in [9.17, 15) is 19.2 Å². The largest absolute Gasteiger partial charge is 0.452 e. The molecule has 3 N–H and O–H groups in total. The van der Waals surface area contributed by atoms with Crippen molar-refractivity contribution < 1.29 is 19.1 Å². The Bertz CT molecular complexity index is 828. The Morgan fingerprint density at radius 2 is 1.96 bits per heavy atom. The predicted molar refractivity (Wildman–Crippen MR) is 86.7 cm³/mol. The zero-order chi connectivity index (χ0) is 17.5. The molecule has 0 bridgehead atoms. The van der Waals surface area contributed by atoms with Gasteiger partial charge in [0.1, 0.15) is 0 Å². The summed E-state index contributed by atoms with van der Waals surface area (Å²) < 4.78 is 4.87. The molecule has 0 aliphatic rings. The SMILES string of the molecule is CCCNC(=O)NC(=O)COC(=O)c1cc(=O)[nH]c2ccccc12. The topological polar surface area (TPSA) is 117 Å². The summed E-state index contributed by atoms with van der Waals surface area (Å²) in [7, 11) is 0. The fourth-order valence-corrected chi connectivity index (χ4v) is 2.03. The van der Waals surface area contributed by atoms with Gasteiger partial charge in [-0.25, -0.2) is 9.59 Å². The standard InChI is InChI=1S/C16H17N3O5/c1-2-7-17-16(23)19-14(21)9-24-15(22)11-8-13(20)18-12-6-4-3-5-10(11)12/h3-6,8H,2,7,9H2,1H3,(H,18,20)(H2,17,19,21,23). The summed E-state index contributed by atoms with van der Waals surface area (Å²) in [4.78, 5) is 49.2. The van der Waals surface area contributed by atoms with E-state index in [4.69, 9.17) is 4.74 Å². The summed E-state index contributed by atoms with van der Waals surface area (Å²) in [5.41, 5.74) is 0.0852. The third kappa shape index (κ3) is 4.42. The van der Waals surface area contributed by atoms with Crippen LogP contribution in [0.3, 0.4) is 0 Å². The highest BCUT2D eigenvalue weighted by molar-refractivity contribution is 6.04. The maximum Gasteiger partial charge on any atom is 0.339 e. The van der Waals surface area contributed by atoms with Crippen LogP contribution in [0.15, 0.2) is 35.1 Å². The number of imide groups is 1. The van der Waals surface area contributed by atoms with Gasteiger partial charge in [-0.15, -0.1) is 0 Å². The molecule has 2 aromatic rings. The van der Waals surface area contributed by atoms with Crippen molar-refractivity contribution in [3.8, 4) is 0 Å². The molecule has 3 amide bonds. The number of amides is 3. The van der Waals surface area contributed by atoms with Gasteiger partial charge < -0.3 is 15.0 Å². The van der Waals surface area contributed by atoms with Gasteiger partial charge in [-0.3, -0.25) is 14.9 Å². The lowest BCUT2D eigenvalue weighted by Gasteiger charge is -2.08. The van der Waals surface area contributed by atoms with E-state index in [1.807, 2.05) is 12.2 Å².